The molecule has 2 heterocycles. The Balaban J connectivity index is 1.82. The Morgan fingerprint density at radius 3 is 2.73 bits per heavy atom. The smallest absolute Gasteiger partial charge is 0.227 e. The van der Waals surface area contributed by atoms with Crippen LogP contribution in [0.25, 0.3) is 11.3 Å². The molecule has 26 heavy (non-hydrogen) atoms. The number of hydrogen-bond acceptors (Lipinski definition) is 5. The van der Waals surface area contributed by atoms with Crippen LogP contribution >= 0.6 is 0 Å². The Hall–Kier alpha value is -2.14. The molecule has 0 amide bonds. The standard InChI is InChI=1S/C21H31N5/c1-17-9-7-14-26(16-17)21-23-19(18-10-5-4-6-11-18)15-20(24-21)22-12-8-13-25(2)3/h4-6,10-11,15,17H,7-9,12-14,16H2,1-3H3,(H,22,23,24). The van der Waals surface area contributed by atoms with Crippen LogP contribution in [0.4, 0.5) is 11.8 Å². The highest BCUT2D eigenvalue weighted by molar-refractivity contribution is 5.64. The second kappa shape index (κ2) is 8.99. The van der Waals surface area contributed by atoms with E-state index in [1.807, 2.05) is 6.07 Å². The van der Waals surface area contributed by atoms with E-state index < -0.39 is 0 Å². The van der Waals surface area contributed by atoms with Crippen molar-refractivity contribution in [3.8, 4) is 11.3 Å². The van der Waals surface area contributed by atoms with E-state index >= 15 is 0 Å². The summed E-state index contributed by atoms with van der Waals surface area (Å²) in [5, 5.41) is 3.50. The Bertz CT molecular complexity index is 686. The fourth-order valence-electron chi connectivity index (χ4n) is 3.41. The molecule has 0 bridgehead atoms. The quantitative estimate of drug-likeness (QED) is 0.768. The number of aromatic nitrogens is 2. The number of hydrogen-bond donors (Lipinski definition) is 1. The van der Waals surface area contributed by atoms with Gasteiger partial charge in [-0.25, -0.2) is 4.98 Å². The third-order valence-corrected chi connectivity index (χ3v) is 4.81. The zero-order chi connectivity index (χ0) is 18.4. The normalized spacial score (nSPS) is 17.5. The van der Waals surface area contributed by atoms with Crippen LogP contribution in [0.15, 0.2) is 36.4 Å². The van der Waals surface area contributed by atoms with Gasteiger partial charge in [0.1, 0.15) is 5.82 Å². The van der Waals surface area contributed by atoms with Crippen molar-refractivity contribution in [2.24, 2.45) is 5.92 Å². The van der Waals surface area contributed by atoms with Crippen molar-refractivity contribution in [3.05, 3.63) is 36.4 Å². The Kier molecular flexibility index (Phi) is 6.45. The van der Waals surface area contributed by atoms with Gasteiger partial charge in [-0.2, -0.15) is 4.98 Å². The number of benzene rings is 1. The molecule has 0 saturated carbocycles. The van der Waals surface area contributed by atoms with Gasteiger partial charge in [0.2, 0.25) is 5.95 Å². The van der Waals surface area contributed by atoms with Gasteiger partial charge in [-0.15, -0.1) is 0 Å². The second-order valence-electron chi connectivity index (χ2n) is 7.58. The van der Waals surface area contributed by atoms with Crippen LogP contribution in [-0.4, -0.2) is 55.1 Å². The molecule has 0 radical (unpaired) electrons. The van der Waals surface area contributed by atoms with Crippen LogP contribution in [0.1, 0.15) is 26.2 Å². The topological polar surface area (TPSA) is 44.3 Å². The zero-order valence-corrected chi connectivity index (χ0v) is 16.3. The van der Waals surface area contributed by atoms with Crippen molar-refractivity contribution in [1.29, 1.82) is 0 Å². The van der Waals surface area contributed by atoms with Crippen LogP contribution in [-0.2, 0) is 0 Å². The Morgan fingerprint density at radius 1 is 1.19 bits per heavy atom. The van der Waals surface area contributed by atoms with Gasteiger partial charge < -0.3 is 15.1 Å². The minimum absolute atomic E-state index is 0.698. The van der Waals surface area contributed by atoms with Gasteiger partial charge in [-0.3, -0.25) is 0 Å². The minimum atomic E-state index is 0.698. The van der Waals surface area contributed by atoms with Crippen LogP contribution in [0.5, 0.6) is 0 Å². The average Bonchev–Trinajstić information content (AvgIpc) is 2.65. The van der Waals surface area contributed by atoms with Crippen LogP contribution < -0.4 is 10.2 Å². The highest BCUT2D eigenvalue weighted by Crippen LogP contribution is 2.25. The summed E-state index contributed by atoms with van der Waals surface area (Å²) in [4.78, 5) is 14.3. The number of nitrogens with zero attached hydrogens (tertiary/aromatic N) is 4. The third kappa shape index (κ3) is 5.18. The van der Waals surface area contributed by atoms with E-state index in [2.05, 4.69) is 66.5 Å². The SMILES string of the molecule is CC1CCCN(c2nc(NCCCN(C)C)cc(-c3ccccc3)n2)C1. The monoisotopic (exact) mass is 353 g/mol. The van der Waals surface area contributed by atoms with Crippen LogP contribution in [0.2, 0.25) is 0 Å². The number of anilines is 2. The number of nitrogens with one attached hydrogen (secondary N) is 1. The third-order valence-electron chi connectivity index (χ3n) is 4.81. The average molecular weight is 354 g/mol. The lowest BCUT2D eigenvalue weighted by Crippen LogP contribution is -2.35. The molecule has 1 aliphatic rings. The predicted octanol–water partition coefficient (Wildman–Crippen LogP) is 3.74. The highest BCUT2D eigenvalue weighted by Gasteiger charge is 2.20. The van der Waals surface area contributed by atoms with E-state index in [1.54, 1.807) is 0 Å². The molecule has 2 aromatic rings. The maximum Gasteiger partial charge on any atom is 0.227 e. The van der Waals surface area contributed by atoms with E-state index in [1.165, 1.54) is 12.8 Å². The van der Waals surface area contributed by atoms with Crippen molar-refractivity contribution in [2.75, 3.05) is 50.5 Å². The molecule has 1 aromatic heterocycles. The van der Waals surface area contributed by atoms with Gasteiger partial charge >= 0.3 is 0 Å². The second-order valence-corrected chi connectivity index (χ2v) is 7.58. The first-order chi connectivity index (χ1) is 12.6. The van der Waals surface area contributed by atoms with E-state index in [0.717, 1.165) is 55.6 Å². The van der Waals surface area contributed by atoms with Crippen molar-refractivity contribution in [3.63, 3.8) is 0 Å². The number of rotatable bonds is 7. The van der Waals surface area contributed by atoms with Gasteiger partial charge in [-0.05, 0) is 45.8 Å². The summed E-state index contributed by atoms with van der Waals surface area (Å²) in [6.07, 6.45) is 3.60. The fraction of sp³-hybridized carbons (Fsp3) is 0.524. The first kappa shape index (κ1) is 18.6. The molecule has 1 atom stereocenters. The molecule has 5 nitrogen and oxygen atoms in total. The van der Waals surface area contributed by atoms with Crippen molar-refractivity contribution < 1.29 is 0 Å². The van der Waals surface area contributed by atoms with E-state index in [0.29, 0.717) is 5.92 Å². The van der Waals surface area contributed by atoms with Gasteiger partial charge in [0, 0.05) is 31.3 Å². The number of piperidine rings is 1. The van der Waals surface area contributed by atoms with E-state index in [4.69, 9.17) is 9.97 Å². The molecule has 1 aliphatic heterocycles. The lowest BCUT2D eigenvalue weighted by Gasteiger charge is -2.31. The maximum atomic E-state index is 4.88. The van der Waals surface area contributed by atoms with Gasteiger partial charge in [0.15, 0.2) is 0 Å². The van der Waals surface area contributed by atoms with Gasteiger partial charge in [-0.1, -0.05) is 37.3 Å². The van der Waals surface area contributed by atoms with Crippen LogP contribution in [0, 0.1) is 5.92 Å². The summed E-state index contributed by atoms with van der Waals surface area (Å²) in [6, 6.07) is 12.5. The molecule has 3 rings (SSSR count). The molecular formula is C21H31N5. The summed E-state index contributed by atoms with van der Waals surface area (Å²) in [5.74, 6) is 2.48. The highest BCUT2D eigenvalue weighted by atomic mass is 15.3. The van der Waals surface area contributed by atoms with E-state index in [9.17, 15) is 0 Å². The van der Waals surface area contributed by atoms with Gasteiger partial charge in [0.25, 0.3) is 0 Å². The molecule has 1 N–H and O–H groups in total. The largest absolute Gasteiger partial charge is 0.370 e. The summed E-state index contributed by atoms with van der Waals surface area (Å²) < 4.78 is 0. The molecule has 1 saturated heterocycles. The summed E-state index contributed by atoms with van der Waals surface area (Å²) in [5.41, 5.74) is 2.13. The lowest BCUT2D eigenvalue weighted by molar-refractivity contribution is 0.405. The lowest BCUT2D eigenvalue weighted by atomic mass is 10.0. The van der Waals surface area contributed by atoms with Gasteiger partial charge in [0.05, 0.1) is 5.69 Å². The first-order valence-corrected chi connectivity index (χ1v) is 9.70. The van der Waals surface area contributed by atoms with E-state index in [-0.39, 0.29) is 0 Å². The minimum Gasteiger partial charge on any atom is -0.370 e. The first-order valence-electron chi connectivity index (χ1n) is 9.70. The maximum absolute atomic E-state index is 4.88. The van der Waals surface area contributed by atoms with Crippen molar-refractivity contribution >= 4 is 11.8 Å². The molecular weight excluding hydrogens is 322 g/mol. The van der Waals surface area contributed by atoms with Crippen LogP contribution in [0.3, 0.4) is 0 Å². The fourth-order valence-corrected chi connectivity index (χ4v) is 3.41. The molecule has 1 unspecified atom stereocenters. The zero-order valence-electron chi connectivity index (χ0n) is 16.3. The molecule has 140 valence electrons. The summed E-state index contributed by atoms with van der Waals surface area (Å²) >= 11 is 0. The van der Waals surface area contributed by atoms with Crippen molar-refractivity contribution in [1.82, 2.24) is 14.9 Å². The molecule has 5 heteroatoms. The summed E-state index contributed by atoms with van der Waals surface area (Å²) in [6.45, 7) is 6.38. The Morgan fingerprint density at radius 2 is 2.00 bits per heavy atom. The molecule has 0 aliphatic carbocycles. The predicted molar refractivity (Wildman–Crippen MR) is 110 cm³/mol. The van der Waals surface area contributed by atoms with Crippen molar-refractivity contribution in [2.45, 2.75) is 26.2 Å². The molecule has 1 aromatic carbocycles. The molecule has 0 spiro atoms. The molecule has 1 fully saturated rings. The Labute approximate surface area is 157 Å². The summed E-state index contributed by atoms with van der Waals surface area (Å²) in [7, 11) is 4.21.